The molecule has 1 aromatic heterocycles. The molecule has 1 aliphatic carbocycles. The van der Waals surface area contributed by atoms with Crippen molar-refractivity contribution in [2.24, 2.45) is 0 Å². The molecule has 0 fully saturated rings. The normalized spacial score (nSPS) is 14.5. The van der Waals surface area contributed by atoms with Crippen LogP contribution in [-0.4, -0.2) is 5.75 Å². The van der Waals surface area contributed by atoms with E-state index in [1.807, 2.05) is 29.2 Å². The Morgan fingerprint density at radius 1 is 1.54 bits per heavy atom. The summed E-state index contributed by atoms with van der Waals surface area (Å²) >= 11 is 3.93. The Kier molecular flexibility index (Phi) is 2.80. The lowest BCUT2D eigenvalue weighted by molar-refractivity contribution is 0.906. The van der Waals surface area contributed by atoms with Gasteiger partial charge in [0.2, 0.25) is 0 Å². The van der Waals surface area contributed by atoms with E-state index in [-0.39, 0.29) is 0 Å². The molecule has 2 rings (SSSR count). The number of hydrogen-bond acceptors (Lipinski definition) is 2. The van der Waals surface area contributed by atoms with Gasteiger partial charge in [0.05, 0.1) is 0 Å². The fraction of sp³-hybridized carbons (Fsp3) is 0.455. The summed E-state index contributed by atoms with van der Waals surface area (Å²) in [5.74, 6) is 1.17. The predicted octanol–water partition coefficient (Wildman–Crippen LogP) is 3.99. The Bertz CT molecular complexity index is 323. The predicted molar refractivity (Wildman–Crippen MR) is 62.8 cm³/mol. The lowest BCUT2D eigenvalue weighted by Crippen LogP contribution is -1.80. The molecule has 70 valence electrons. The largest absolute Gasteiger partial charge is 0.139 e. The average molecular weight is 210 g/mol. The molecular formula is C11H14S2. The maximum Gasteiger partial charge on any atom is 0.0406 e. The standard InChI is InChI=1S/C11H14S2/c1-3-9-11(12-4-2)8-6-5-7-10(8)13-9/h3H,1,4-7H2,2H3. The molecule has 0 atom stereocenters. The molecule has 0 N–H and O–H groups in total. The molecule has 0 saturated carbocycles. The Hall–Kier alpha value is -0.210. The smallest absolute Gasteiger partial charge is 0.0406 e. The van der Waals surface area contributed by atoms with E-state index in [0.717, 1.165) is 0 Å². The maximum absolute atomic E-state index is 3.88. The van der Waals surface area contributed by atoms with Crippen molar-refractivity contribution in [2.45, 2.75) is 31.1 Å². The van der Waals surface area contributed by atoms with E-state index < -0.39 is 0 Å². The van der Waals surface area contributed by atoms with Gasteiger partial charge >= 0.3 is 0 Å². The molecule has 0 bridgehead atoms. The number of fused-ring (bicyclic) bond motifs is 1. The molecule has 0 spiro atoms. The van der Waals surface area contributed by atoms with Crippen LogP contribution in [-0.2, 0) is 12.8 Å². The summed E-state index contributed by atoms with van der Waals surface area (Å²) in [7, 11) is 0. The van der Waals surface area contributed by atoms with Crippen molar-refractivity contribution in [1.82, 2.24) is 0 Å². The molecule has 0 amide bonds. The van der Waals surface area contributed by atoms with Crippen molar-refractivity contribution < 1.29 is 0 Å². The number of thiophene rings is 1. The van der Waals surface area contributed by atoms with Gasteiger partial charge in [-0.25, -0.2) is 0 Å². The molecule has 0 nitrogen and oxygen atoms in total. The van der Waals surface area contributed by atoms with Gasteiger partial charge in [0.15, 0.2) is 0 Å². The monoisotopic (exact) mass is 210 g/mol. The minimum absolute atomic E-state index is 1.17. The van der Waals surface area contributed by atoms with Crippen molar-refractivity contribution in [3.8, 4) is 0 Å². The second-order valence-electron chi connectivity index (χ2n) is 3.19. The molecular weight excluding hydrogens is 196 g/mol. The van der Waals surface area contributed by atoms with Crippen LogP contribution in [0.2, 0.25) is 0 Å². The average Bonchev–Trinajstić information content (AvgIpc) is 2.67. The molecule has 1 aromatic rings. The minimum Gasteiger partial charge on any atom is -0.139 e. The van der Waals surface area contributed by atoms with Gasteiger partial charge in [-0.1, -0.05) is 19.6 Å². The topological polar surface area (TPSA) is 0 Å². The van der Waals surface area contributed by atoms with Gasteiger partial charge in [-0.05, 0) is 30.6 Å². The highest BCUT2D eigenvalue weighted by atomic mass is 32.2. The van der Waals surface area contributed by atoms with Crippen LogP contribution in [0.1, 0.15) is 28.7 Å². The van der Waals surface area contributed by atoms with Crippen LogP contribution >= 0.6 is 23.1 Å². The number of aryl methyl sites for hydroxylation is 1. The van der Waals surface area contributed by atoms with Crippen LogP contribution in [0.4, 0.5) is 0 Å². The molecule has 0 radical (unpaired) electrons. The van der Waals surface area contributed by atoms with Gasteiger partial charge in [0, 0.05) is 14.6 Å². The van der Waals surface area contributed by atoms with Crippen molar-refractivity contribution in [3.63, 3.8) is 0 Å². The molecule has 0 aromatic carbocycles. The summed E-state index contributed by atoms with van der Waals surface area (Å²) < 4.78 is 0. The van der Waals surface area contributed by atoms with E-state index in [9.17, 15) is 0 Å². The zero-order valence-corrected chi connectivity index (χ0v) is 9.56. The zero-order chi connectivity index (χ0) is 9.26. The van der Waals surface area contributed by atoms with Crippen molar-refractivity contribution in [3.05, 3.63) is 21.9 Å². The summed E-state index contributed by atoms with van der Waals surface area (Å²) in [5.41, 5.74) is 1.63. The number of hydrogen-bond donors (Lipinski definition) is 0. The van der Waals surface area contributed by atoms with Gasteiger partial charge in [-0.2, -0.15) is 0 Å². The summed E-state index contributed by atoms with van der Waals surface area (Å²) in [5, 5.41) is 0. The maximum atomic E-state index is 3.88. The first kappa shape index (κ1) is 9.35. The Balaban J connectivity index is 2.42. The third kappa shape index (κ3) is 1.57. The van der Waals surface area contributed by atoms with Crippen LogP contribution in [0.3, 0.4) is 0 Å². The van der Waals surface area contributed by atoms with E-state index in [0.29, 0.717) is 0 Å². The van der Waals surface area contributed by atoms with E-state index in [1.54, 1.807) is 10.4 Å². The van der Waals surface area contributed by atoms with Crippen LogP contribution in [0, 0.1) is 0 Å². The second-order valence-corrected chi connectivity index (χ2v) is 5.60. The van der Waals surface area contributed by atoms with Crippen LogP contribution in [0.25, 0.3) is 6.08 Å². The Labute approximate surface area is 88.1 Å². The lowest BCUT2D eigenvalue weighted by atomic mass is 10.2. The first-order valence-electron chi connectivity index (χ1n) is 4.76. The van der Waals surface area contributed by atoms with Gasteiger partial charge < -0.3 is 0 Å². The molecule has 0 unspecified atom stereocenters. The van der Waals surface area contributed by atoms with Crippen LogP contribution < -0.4 is 0 Å². The fourth-order valence-electron chi connectivity index (χ4n) is 1.83. The molecule has 1 heterocycles. The van der Waals surface area contributed by atoms with Gasteiger partial charge in [-0.15, -0.1) is 23.1 Å². The summed E-state index contributed by atoms with van der Waals surface area (Å²) in [6, 6.07) is 0. The summed E-state index contributed by atoms with van der Waals surface area (Å²) in [4.78, 5) is 4.54. The third-order valence-electron chi connectivity index (χ3n) is 2.37. The molecule has 13 heavy (non-hydrogen) atoms. The lowest BCUT2D eigenvalue weighted by Gasteiger charge is -2.00. The van der Waals surface area contributed by atoms with Gasteiger partial charge in [0.1, 0.15) is 0 Å². The van der Waals surface area contributed by atoms with Crippen molar-refractivity contribution in [1.29, 1.82) is 0 Å². The van der Waals surface area contributed by atoms with Gasteiger partial charge in [-0.3, -0.25) is 0 Å². The first-order valence-corrected chi connectivity index (χ1v) is 6.56. The van der Waals surface area contributed by atoms with Crippen molar-refractivity contribution in [2.75, 3.05) is 5.75 Å². The highest BCUT2D eigenvalue weighted by Crippen LogP contribution is 2.41. The van der Waals surface area contributed by atoms with E-state index in [4.69, 9.17) is 0 Å². The van der Waals surface area contributed by atoms with E-state index >= 15 is 0 Å². The fourth-order valence-corrected chi connectivity index (χ4v) is 4.25. The molecule has 0 aliphatic heterocycles. The van der Waals surface area contributed by atoms with E-state index in [2.05, 4.69) is 13.5 Å². The van der Waals surface area contributed by atoms with Crippen LogP contribution in [0.15, 0.2) is 11.5 Å². The Morgan fingerprint density at radius 3 is 3.08 bits per heavy atom. The molecule has 1 aliphatic rings. The van der Waals surface area contributed by atoms with Crippen LogP contribution in [0.5, 0.6) is 0 Å². The molecule has 2 heteroatoms. The van der Waals surface area contributed by atoms with Gasteiger partial charge in [0.25, 0.3) is 0 Å². The van der Waals surface area contributed by atoms with E-state index in [1.165, 1.54) is 34.8 Å². The summed E-state index contributed by atoms with van der Waals surface area (Å²) in [6.07, 6.45) is 5.96. The number of rotatable bonds is 3. The third-order valence-corrected chi connectivity index (χ3v) is 4.83. The highest BCUT2D eigenvalue weighted by Gasteiger charge is 2.20. The van der Waals surface area contributed by atoms with Crippen molar-refractivity contribution >= 4 is 29.2 Å². The quantitative estimate of drug-likeness (QED) is 0.680. The number of thioether (sulfide) groups is 1. The zero-order valence-electron chi connectivity index (χ0n) is 7.93. The Morgan fingerprint density at radius 2 is 2.38 bits per heavy atom. The SMILES string of the molecule is C=Cc1sc2c(c1SCC)CCC2. The summed E-state index contributed by atoms with van der Waals surface area (Å²) in [6.45, 7) is 6.10. The first-order chi connectivity index (χ1) is 6.36. The highest BCUT2D eigenvalue weighted by molar-refractivity contribution is 7.99. The molecule has 0 saturated heterocycles. The second kappa shape index (κ2) is 3.89. The minimum atomic E-state index is 1.17.